The van der Waals surface area contributed by atoms with Crippen LogP contribution in [0, 0.1) is 0 Å². The summed E-state index contributed by atoms with van der Waals surface area (Å²) in [5, 5.41) is -0.561. The van der Waals surface area contributed by atoms with Gasteiger partial charge < -0.3 is 9.64 Å². The molecule has 3 aliphatic rings. The van der Waals surface area contributed by atoms with E-state index >= 15 is 0 Å². The lowest BCUT2D eigenvalue weighted by atomic mass is 9.99. The Kier molecular flexibility index (Phi) is 2.85. The van der Waals surface area contributed by atoms with Crippen LogP contribution in [0.3, 0.4) is 0 Å². The van der Waals surface area contributed by atoms with Gasteiger partial charge in [-0.2, -0.15) is 0 Å². The first kappa shape index (κ1) is 14.0. The van der Waals surface area contributed by atoms with Crippen LogP contribution >= 0.6 is 0 Å². The Morgan fingerprint density at radius 3 is 2.95 bits per heavy atom. The van der Waals surface area contributed by atoms with E-state index in [4.69, 9.17) is 4.74 Å². The van der Waals surface area contributed by atoms with Gasteiger partial charge in [0, 0.05) is 32.5 Å². The molecule has 3 fully saturated rings. The van der Waals surface area contributed by atoms with Crippen LogP contribution in [-0.4, -0.2) is 77.1 Å². The van der Waals surface area contributed by atoms with Crippen LogP contribution in [0.25, 0.3) is 0 Å². The van der Waals surface area contributed by atoms with E-state index in [9.17, 15) is 13.2 Å². The second-order valence-corrected chi connectivity index (χ2v) is 8.33. The number of carbonyl (C=O) groups is 1. The molecule has 118 valence electrons. The molecular formula is C13H16N4O4S. The highest BCUT2D eigenvalue weighted by Crippen LogP contribution is 2.46. The van der Waals surface area contributed by atoms with Gasteiger partial charge in [-0.05, 0) is 6.42 Å². The summed E-state index contributed by atoms with van der Waals surface area (Å²) in [5.74, 6) is -0.228. The molecule has 1 aromatic heterocycles. The summed E-state index contributed by atoms with van der Waals surface area (Å²) in [5.41, 5.74) is -0.542. The van der Waals surface area contributed by atoms with Crippen LogP contribution in [0.5, 0.6) is 0 Å². The number of carbonyl (C=O) groups excluding carboxylic acids is 1. The molecule has 0 saturated carbocycles. The predicted molar refractivity (Wildman–Crippen MR) is 75.5 cm³/mol. The Morgan fingerprint density at radius 2 is 2.23 bits per heavy atom. The van der Waals surface area contributed by atoms with E-state index in [2.05, 4.69) is 9.97 Å². The van der Waals surface area contributed by atoms with Gasteiger partial charge in [-0.1, -0.05) is 0 Å². The molecule has 0 radical (unpaired) electrons. The Hall–Kier alpha value is -1.58. The van der Waals surface area contributed by atoms with Crippen molar-refractivity contribution in [2.75, 3.05) is 26.7 Å². The van der Waals surface area contributed by atoms with Crippen molar-refractivity contribution in [1.82, 2.24) is 19.2 Å². The SMILES string of the molecule is CN1C[C@@]23CN(C(=O)c4cnccn4)C[C@@H](C[C@@H]2S1(=O)=O)O3. The van der Waals surface area contributed by atoms with Crippen molar-refractivity contribution in [2.24, 2.45) is 0 Å². The fourth-order valence-electron chi connectivity index (χ4n) is 3.79. The molecule has 2 bridgehead atoms. The Morgan fingerprint density at radius 1 is 1.41 bits per heavy atom. The third-order valence-electron chi connectivity index (χ3n) is 4.70. The highest BCUT2D eigenvalue weighted by Gasteiger charge is 2.64. The van der Waals surface area contributed by atoms with E-state index in [1.54, 1.807) is 11.9 Å². The number of fused-ring (bicyclic) bond motifs is 1. The molecule has 1 amide bonds. The summed E-state index contributed by atoms with van der Waals surface area (Å²) in [4.78, 5) is 22.1. The minimum atomic E-state index is -3.34. The first-order valence-corrected chi connectivity index (χ1v) is 8.61. The Labute approximate surface area is 128 Å². The molecular weight excluding hydrogens is 308 g/mol. The van der Waals surface area contributed by atoms with Gasteiger partial charge in [0.2, 0.25) is 10.0 Å². The van der Waals surface area contributed by atoms with Crippen LogP contribution in [0.1, 0.15) is 16.9 Å². The molecule has 4 rings (SSSR count). The molecule has 4 heterocycles. The van der Waals surface area contributed by atoms with Crippen molar-refractivity contribution in [1.29, 1.82) is 0 Å². The van der Waals surface area contributed by atoms with E-state index in [-0.39, 0.29) is 24.2 Å². The van der Waals surface area contributed by atoms with Gasteiger partial charge in [-0.3, -0.25) is 9.78 Å². The number of hydrogen-bond acceptors (Lipinski definition) is 6. The van der Waals surface area contributed by atoms with Crippen LogP contribution in [0.4, 0.5) is 0 Å². The molecule has 3 saturated heterocycles. The van der Waals surface area contributed by atoms with Crippen LogP contribution in [0.15, 0.2) is 18.6 Å². The van der Waals surface area contributed by atoms with E-state index in [1.165, 1.54) is 22.9 Å². The number of rotatable bonds is 1. The number of hydrogen-bond donors (Lipinski definition) is 0. The quantitative estimate of drug-likeness (QED) is 0.665. The average molecular weight is 324 g/mol. The molecule has 0 aliphatic carbocycles. The number of ether oxygens (including phenoxy) is 1. The van der Waals surface area contributed by atoms with E-state index in [0.29, 0.717) is 19.5 Å². The number of morpholine rings is 1. The summed E-state index contributed by atoms with van der Waals surface area (Å²) >= 11 is 0. The van der Waals surface area contributed by atoms with Crippen molar-refractivity contribution in [3.63, 3.8) is 0 Å². The summed E-state index contributed by atoms with van der Waals surface area (Å²) in [6.45, 7) is 0.959. The number of likely N-dealkylation sites (tertiary alicyclic amines) is 1. The van der Waals surface area contributed by atoms with Gasteiger partial charge in [-0.15, -0.1) is 0 Å². The van der Waals surface area contributed by atoms with Crippen molar-refractivity contribution in [2.45, 2.75) is 23.4 Å². The zero-order valence-electron chi connectivity index (χ0n) is 12.0. The lowest BCUT2D eigenvalue weighted by Crippen LogP contribution is -2.56. The smallest absolute Gasteiger partial charge is 0.274 e. The maximum atomic E-state index is 12.6. The largest absolute Gasteiger partial charge is 0.365 e. The highest BCUT2D eigenvalue weighted by molar-refractivity contribution is 7.90. The summed E-state index contributed by atoms with van der Waals surface area (Å²) in [6, 6.07) is 0. The number of sulfonamides is 1. The van der Waals surface area contributed by atoms with Gasteiger partial charge >= 0.3 is 0 Å². The molecule has 9 heteroatoms. The first-order chi connectivity index (χ1) is 10.4. The number of nitrogens with zero attached hydrogens (tertiary/aromatic N) is 4. The topological polar surface area (TPSA) is 92.7 Å². The fourth-order valence-corrected chi connectivity index (χ4v) is 5.82. The van der Waals surface area contributed by atoms with Crippen molar-refractivity contribution >= 4 is 15.9 Å². The van der Waals surface area contributed by atoms with Crippen LogP contribution in [0.2, 0.25) is 0 Å². The van der Waals surface area contributed by atoms with E-state index in [0.717, 1.165) is 0 Å². The molecule has 3 aliphatic heterocycles. The maximum absolute atomic E-state index is 12.6. The summed E-state index contributed by atoms with van der Waals surface area (Å²) < 4.78 is 32.1. The average Bonchev–Trinajstić information content (AvgIpc) is 2.86. The van der Waals surface area contributed by atoms with Gasteiger partial charge in [0.15, 0.2) is 0 Å². The van der Waals surface area contributed by atoms with E-state index < -0.39 is 20.9 Å². The van der Waals surface area contributed by atoms with Gasteiger partial charge in [0.25, 0.3) is 5.91 Å². The lowest BCUT2D eigenvalue weighted by molar-refractivity contribution is -0.0967. The minimum absolute atomic E-state index is 0.228. The highest BCUT2D eigenvalue weighted by atomic mass is 32.2. The third kappa shape index (κ3) is 1.82. The Balaban J connectivity index is 1.65. The second kappa shape index (κ2) is 4.46. The first-order valence-electron chi connectivity index (χ1n) is 7.11. The van der Waals surface area contributed by atoms with Crippen molar-refractivity contribution in [3.8, 4) is 0 Å². The van der Waals surface area contributed by atoms with Gasteiger partial charge in [0.05, 0.1) is 18.8 Å². The number of likely N-dealkylation sites (N-methyl/N-ethyl adjacent to an activating group) is 1. The minimum Gasteiger partial charge on any atom is -0.365 e. The zero-order chi connectivity index (χ0) is 15.5. The van der Waals surface area contributed by atoms with E-state index in [1.807, 2.05) is 0 Å². The van der Waals surface area contributed by atoms with Crippen molar-refractivity contribution in [3.05, 3.63) is 24.3 Å². The Bertz CT molecular complexity index is 725. The summed E-state index contributed by atoms with van der Waals surface area (Å²) in [7, 11) is -1.78. The lowest BCUT2D eigenvalue weighted by Gasteiger charge is -2.39. The zero-order valence-corrected chi connectivity index (χ0v) is 12.9. The number of aromatic nitrogens is 2. The number of amides is 1. The second-order valence-electron chi connectivity index (χ2n) is 6.11. The molecule has 1 aromatic rings. The van der Waals surface area contributed by atoms with Gasteiger partial charge in [-0.25, -0.2) is 17.7 Å². The van der Waals surface area contributed by atoms with Gasteiger partial charge in [0.1, 0.15) is 16.5 Å². The molecule has 1 spiro atoms. The maximum Gasteiger partial charge on any atom is 0.274 e. The third-order valence-corrected chi connectivity index (χ3v) is 7.04. The molecule has 0 aromatic carbocycles. The predicted octanol–water partition coefficient (Wildman–Crippen LogP) is -0.896. The van der Waals surface area contributed by atoms with Crippen LogP contribution < -0.4 is 0 Å². The van der Waals surface area contributed by atoms with Crippen LogP contribution in [-0.2, 0) is 14.8 Å². The van der Waals surface area contributed by atoms with Crippen molar-refractivity contribution < 1.29 is 17.9 Å². The normalized spacial score (nSPS) is 36.3. The molecule has 3 atom stereocenters. The summed E-state index contributed by atoms with van der Waals surface area (Å²) in [6.07, 6.45) is 4.61. The standard InChI is InChI=1S/C13H16N4O4S/c1-16-7-13-8-17(12(18)10-5-14-2-3-15-10)6-9(21-13)4-11(13)22(16,19)20/h2-3,5,9,11H,4,6-8H2,1H3/t9-,11+,13-/m1/s1. The fraction of sp³-hybridized carbons (Fsp3) is 0.615. The molecule has 22 heavy (non-hydrogen) atoms. The molecule has 8 nitrogen and oxygen atoms in total. The monoisotopic (exact) mass is 324 g/mol. The molecule has 0 unspecified atom stereocenters. The molecule has 0 N–H and O–H groups in total.